The van der Waals surface area contributed by atoms with E-state index in [1.54, 1.807) is 59.2 Å². The Balaban J connectivity index is 1.24. The van der Waals surface area contributed by atoms with E-state index in [0.717, 1.165) is 28.0 Å². The molecule has 0 bridgehead atoms. The first-order valence-corrected chi connectivity index (χ1v) is 14.3. The molecule has 0 fully saturated rings. The van der Waals surface area contributed by atoms with Crippen LogP contribution < -0.4 is 14.3 Å². The number of hydrogen-bond donors (Lipinski definition) is 1. The zero-order chi connectivity index (χ0) is 26.7. The molecule has 0 atom stereocenters. The topological polar surface area (TPSA) is 77.4 Å². The van der Waals surface area contributed by atoms with Gasteiger partial charge in [0.25, 0.3) is 0 Å². The average molecular weight is 569 g/mol. The Kier molecular flexibility index (Phi) is 7.62. The van der Waals surface area contributed by atoms with Gasteiger partial charge in [0, 0.05) is 11.6 Å². The summed E-state index contributed by atoms with van der Waals surface area (Å²) in [4.78, 5) is 12.5. The lowest BCUT2D eigenvalue weighted by molar-refractivity contribution is 0.306. The minimum absolute atomic E-state index is 0.0872. The lowest BCUT2D eigenvalue weighted by Gasteiger charge is -2.10. The molecule has 0 aliphatic carbocycles. The molecule has 5 rings (SSSR count). The molecule has 0 spiro atoms. The third-order valence-electron chi connectivity index (χ3n) is 5.91. The van der Waals surface area contributed by atoms with Crippen LogP contribution in [0.1, 0.15) is 16.7 Å². The molecule has 1 aromatic heterocycles. The van der Waals surface area contributed by atoms with E-state index in [4.69, 9.17) is 16.3 Å². The third-order valence-corrected chi connectivity index (χ3v) is 8.51. The molecule has 0 amide bonds. The second-order valence-corrected chi connectivity index (χ2v) is 11.8. The number of ether oxygens (including phenoxy) is 1. The summed E-state index contributed by atoms with van der Waals surface area (Å²) in [6, 6.07) is 25.0. The highest BCUT2D eigenvalue weighted by Gasteiger charge is 2.17. The van der Waals surface area contributed by atoms with Crippen LogP contribution in [0.25, 0.3) is 10.2 Å². The van der Waals surface area contributed by atoms with Crippen LogP contribution in [0.2, 0.25) is 5.02 Å². The Morgan fingerprint density at radius 3 is 2.24 bits per heavy atom. The highest BCUT2D eigenvalue weighted by molar-refractivity contribution is 7.89. The molecule has 5 aromatic rings. The standard InChI is InChI=1S/C28H22ClFN2O4S2/c29-22-7-1-20(2-8-22)17-32-26-14-13-25(15-27(26)37-28(32)33)38(34,35)31-16-19-5-11-24(12-6-19)36-18-21-3-9-23(30)10-4-21/h1-15,31H,16-18H2. The summed E-state index contributed by atoms with van der Waals surface area (Å²) in [5.74, 6) is 0.313. The molecule has 10 heteroatoms. The van der Waals surface area contributed by atoms with Crippen molar-refractivity contribution in [1.29, 1.82) is 0 Å². The van der Waals surface area contributed by atoms with Gasteiger partial charge in [0.2, 0.25) is 10.0 Å². The first-order chi connectivity index (χ1) is 18.3. The molecule has 0 aliphatic rings. The number of sulfonamides is 1. The molecule has 0 saturated heterocycles. The zero-order valence-electron chi connectivity index (χ0n) is 19.9. The molecule has 6 nitrogen and oxygen atoms in total. The molecule has 38 heavy (non-hydrogen) atoms. The number of aromatic nitrogens is 1. The van der Waals surface area contributed by atoms with Gasteiger partial charge in [0.05, 0.1) is 21.7 Å². The maximum Gasteiger partial charge on any atom is 0.308 e. The minimum Gasteiger partial charge on any atom is -0.489 e. The fourth-order valence-corrected chi connectivity index (χ4v) is 6.02. The van der Waals surface area contributed by atoms with Crippen molar-refractivity contribution in [1.82, 2.24) is 9.29 Å². The van der Waals surface area contributed by atoms with E-state index in [1.165, 1.54) is 24.3 Å². The van der Waals surface area contributed by atoms with Gasteiger partial charge in [0.15, 0.2) is 0 Å². The summed E-state index contributed by atoms with van der Waals surface area (Å²) >= 11 is 6.95. The lowest BCUT2D eigenvalue weighted by atomic mass is 10.2. The molecule has 4 aromatic carbocycles. The highest BCUT2D eigenvalue weighted by atomic mass is 35.5. The second-order valence-electron chi connectivity index (χ2n) is 8.59. The fourth-order valence-electron chi connectivity index (χ4n) is 3.85. The summed E-state index contributed by atoms with van der Waals surface area (Å²) in [6.07, 6.45) is 0. The van der Waals surface area contributed by atoms with Crippen molar-refractivity contribution in [3.63, 3.8) is 0 Å². The van der Waals surface area contributed by atoms with Crippen LogP contribution in [0.5, 0.6) is 5.75 Å². The Labute approximate surface area is 228 Å². The normalized spacial score (nSPS) is 11.6. The van der Waals surface area contributed by atoms with Crippen LogP contribution in [0, 0.1) is 5.82 Å². The molecule has 0 radical (unpaired) electrons. The number of thiazole rings is 1. The molecule has 194 valence electrons. The largest absolute Gasteiger partial charge is 0.489 e. The van der Waals surface area contributed by atoms with Crippen molar-refractivity contribution in [2.45, 2.75) is 24.6 Å². The van der Waals surface area contributed by atoms with Gasteiger partial charge in [-0.2, -0.15) is 0 Å². The number of nitrogens with one attached hydrogen (secondary N) is 1. The van der Waals surface area contributed by atoms with Gasteiger partial charge in [-0.15, -0.1) is 0 Å². The van der Waals surface area contributed by atoms with Gasteiger partial charge in [-0.05, 0) is 71.3 Å². The minimum atomic E-state index is -3.81. The fraction of sp³-hybridized carbons (Fsp3) is 0.107. The Bertz CT molecular complexity index is 1730. The van der Waals surface area contributed by atoms with Crippen molar-refractivity contribution in [2.75, 3.05) is 0 Å². The van der Waals surface area contributed by atoms with Crippen molar-refractivity contribution in [3.8, 4) is 5.75 Å². The third kappa shape index (κ3) is 6.14. The summed E-state index contributed by atoms with van der Waals surface area (Å²) in [5.41, 5.74) is 3.18. The summed E-state index contributed by atoms with van der Waals surface area (Å²) < 4.78 is 49.5. The lowest BCUT2D eigenvalue weighted by Crippen LogP contribution is -2.23. The molecule has 1 heterocycles. The van der Waals surface area contributed by atoms with Gasteiger partial charge in [0.1, 0.15) is 18.2 Å². The second kappa shape index (κ2) is 11.1. The van der Waals surface area contributed by atoms with E-state index in [0.29, 0.717) is 34.1 Å². The highest BCUT2D eigenvalue weighted by Crippen LogP contribution is 2.23. The van der Waals surface area contributed by atoms with Crippen LogP contribution in [0.3, 0.4) is 0 Å². The van der Waals surface area contributed by atoms with Crippen molar-refractivity contribution in [3.05, 3.63) is 128 Å². The van der Waals surface area contributed by atoms with Crippen LogP contribution in [-0.4, -0.2) is 13.0 Å². The van der Waals surface area contributed by atoms with Gasteiger partial charge >= 0.3 is 4.87 Å². The van der Waals surface area contributed by atoms with E-state index in [2.05, 4.69) is 4.72 Å². The van der Waals surface area contributed by atoms with Gasteiger partial charge in [-0.25, -0.2) is 17.5 Å². The maximum atomic E-state index is 13.0. The number of benzene rings is 4. The van der Waals surface area contributed by atoms with Crippen molar-refractivity contribution in [2.24, 2.45) is 0 Å². The average Bonchev–Trinajstić information content (AvgIpc) is 3.23. The van der Waals surface area contributed by atoms with Gasteiger partial charge < -0.3 is 4.74 Å². The van der Waals surface area contributed by atoms with E-state index in [9.17, 15) is 17.6 Å². The maximum absolute atomic E-state index is 13.0. The predicted octanol–water partition coefficient (Wildman–Crippen LogP) is 5.96. The molecular weight excluding hydrogens is 547 g/mol. The van der Waals surface area contributed by atoms with Crippen LogP contribution in [0.15, 0.2) is 101 Å². The van der Waals surface area contributed by atoms with Crippen molar-refractivity contribution >= 4 is 43.2 Å². The van der Waals surface area contributed by atoms with Crippen LogP contribution in [0.4, 0.5) is 4.39 Å². The van der Waals surface area contributed by atoms with Crippen molar-refractivity contribution < 1.29 is 17.5 Å². The molecule has 0 aliphatic heterocycles. The Hall–Kier alpha value is -3.50. The van der Waals surface area contributed by atoms with E-state index in [-0.39, 0.29) is 22.1 Å². The number of fused-ring (bicyclic) bond motifs is 1. The van der Waals surface area contributed by atoms with Gasteiger partial charge in [-0.3, -0.25) is 9.36 Å². The quantitative estimate of drug-likeness (QED) is 0.238. The molecule has 1 N–H and O–H groups in total. The number of halogens is 2. The summed E-state index contributed by atoms with van der Waals surface area (Å²) in [7, 11) is -3.81. The predicted molar refractivity (Wildman–Crippen MR) is 148 cm³/mol. The Morgan fingerprint density at radius 2 is 1.53 bits per heavy atom. The van der Waals surface area contributed by atoms with E-state index < -0.39 is 10.0 Å². The van der Waals surface area contributed by atoms with E-state index >= 15 is 0 Å². The monoisotopic (exact) mass is 568 g/mol. The van der Waals surface area contributed by atoms with Crippen LogP contribution in [-0.2, 0) is 29.7 Å². The summed E-state index contributed by atoms with van der Waals surface area (Å²) in [6.45, 7) is 0.749. The smallest absolute Gasteiger partial charge is 0.308 e. The SMILES string of the molecule is O=c1sc2cc(S(=O)(=O)NCc3ccc(OCc4ccc(F)cc4)cc3)ccc2n1Cc1ccc(Cl)cc1. The Morgan fingerprint density at radius 1 is 0.868 bits per heavy atom. The first kappa shape index (κ1) is 26.1. The van der Waals surface area contributed by atoms with Gasteiger partial charge in [-0.1, -0.05) is 59.3 Å². The molecule has 0 saturated carbocycles. The van der Waals surface area contributed by atoms with E-state index in [1.807, 2.05) is 12.1 Å². The molecular formula is C28H22ClFN2O4S2. The first-order valence-electron chi connectivity index (χ1n) is 11.6. The van der Waals surface area contributed by atoms with Crippen LogP contribution >= 0.6 is 22.9 Å². The zero-order valence-corrected chi connectivity index (χ0v) is 22.3. The number of nitrogens with zero attached hydrogens (tertiary/aromatic N) is 1. The summed E-state index contributed by atoms with van der Waals surface area (Å²) in [5, 5.41) is 0.616. The number of rotatable bonds is 9. The number of hydrogen-bond acceptors (Lipinski definition) is 5. The molecule has 0 unspecified atom stereocenters.